The Labute approximate surface area is 274 Å². The SMILES string of the molecule is CCOC(=O)N1CCC(Nc2cc(=O)n(C)c3ccc(OC)cc23)CC1.COc1ccc2c(c1)c(NC1CCNCC1)cc(=O)n2C. The lowest BCUT2D eigenvalue weighted by Gasteiger charge is -2.32. The van der Waals surface area contributed by atoms with E-state index in [1.54, 1.807) is 54.5 Å². The summed E-state index contributed by atoms with van der Waals surface area (Å²) in [6.45, 7) is 5.51. The van der Waals surface area contributed by atoms with Crippen LogP contribution in [0.4, 0.5) is 16.2 Å². The molecule has 6 rings (SSSR count). The third-order valence-electron chi connectivity index (χ3n) is 8.99. The summed E-state index contributed by atoms with van der Waals surface area (Å²) in [4.78, 5) is 38.0. The molecule has 0 unspecified atom stereocenters. The van der Waals surface area contributed by atoms with Gasteiger partial charge in [0.05, 0.1) is 31.9 Å². The van der Waals surface area contributed by atoms with Crippen LogP contribution < -0.4 is 36.5 Å². The number of ether oxygens (including phenoxy) is 3. The lowest BCUT2D eigenvalue weighted by atomic mass is 10.0. The molecule has 0 spiro atoms. The fourth-order valence-electron chi connectivity index (χ4n) is 6.20. The van der Waals surface area contributed by atoms with Gasteiger partial charge in [0.2, 0.25) is 0 Å². The van der Waals surface area contributed by atoms with Crippen LogP contribution in [0.5, 0.6) is 11.5 Å². The second kappa shape index (κ2) is 15.3. The minimum Gasteiger partial charge on any atom is -0.497 e. The Hall–Kier alpha value is -4.71. The number of nitrogens with one attached hydrogen (secondary N) is 3. The van der Waals surface area contributed by atoms with Crippen molar-refractivity contribution in [2.75, 3.05) is 57.6 Å². The van der Waals surface area contributed by atoms with Crippen molar-refractivity contribution in [2.45, 2.75) is 44.7 Å². The van der Waals surface area contributed by atoms with Crippen LogP contribution in [0, 0.1) is 0 Å². The normalized spacial score (nSPS) is 15.6. The van der Waals surface area contributed by atoms with E-state index in [0.717, 1.165) is 83.5 Å². The molecule has 0 bridgehead atoms. The number of pyridine rings is 2. The Morgan fingerprint density at radius 2 is 1.23 bits per heavy atom. The van der Waals surface area contributed by atoms with E-state index in [1.165, 1.54) is 0 Å². The third kappa shape index (κ3) is 7.82. The van der Waals surface area contributed by atoms with Gasteiger partial charge in [0.1, 0.15) is 11.5 Å². The average molecular weight is 647 g/mol. The highest BCUT2D eigenvalue weighted by molar-refractivity contribution is 5.93. The number of nitrogens with zero attached hydrogens (tertiary/aromatic N) is 3. The number of anilines is 2. The molecular weight excluding hydrogens is 600 g/mol. The maximum Gasteiger partial charge on any atom is 0.409 e. The van der Waals surface area contributed by atoms with Gasteiger partial charge in [-0.2, -0.15) is 0 Å². The third-order valence-corrected chi connectivity index (χ3v) is 8.99. The van der Waals surface area contributed by atoms with Crippen molar-refractivity contribution in [1.82, 2.24) is 19.4 Å². The van der Waals surface area contributed by atoms with E-state index >= 15 is 0 Å². The first-order valence-electron chi connectivity index (χ1n) is 16.2. The van der Waals surface area contributed by atoms with Gasteiger partial charge in [0.15, 0.2) is 0 Å². The number of methoxy groups -OCH3 is 2. The second-order valence-corrected chi connectivity index (χ2v) is 11.9. The summed E-state index contributed by atoms with van der Waals surface area (Å²) in [5.41, 5.74) is 3.42. The van der Waals surface area contributed by atoms with Crippen molar-refractivity contribution in [1.29, 1.82) is 0 Å². The number of aromatic nitrogens is 2. The Kier molecular flexibility index (Phi) is 10.9. The Bertz CT molecular complexity index is 1820. The van der Waals surface area contributed by atoms with Crippen LogP contribution in [0.2, 0.25) is 0 Å². The monoisotopic (exact) mass is 646 g/mol. The summed E-state index contributed by atoms with van der Waals surface area (Å²) >= 11 is 0. The molecule has 2 aliphatic heterocycles. The number of hydrogen-bond donors (Lipinski definition) is 3. The van der Waals surface area contributed by atoms with E-state index < -0.39 is 0 Å². The van der Waals surface area contributed by atoms with Crippen molar-refractivity contribution in [3.8, 4) is 11.5 Å². The second-order valence-electron chi connectivity index (χ2n) is 11.9. The van der Waals surface area contributed by atoms with Crippen molar-refractivity contribution in [2.24, 2.45) is 14.1 Å². The Morgan fingerprint density at radius 3 is 1.68 bits per heavy atom. The van der Waals surface area contributed by atoms with Crippen LogP contribution in [0.15, 0.2) is 58.1 Å². The first-order valence-corrected chi connectivity index (χ1v) is 16.2. The fourth-order valence-corrected chi connectivity index (χ4v) is 6.20. The molecule has 12 heteroatoms. The number of amides is 1. The van der Waals surface area contributed by atoms with Gasteiger partial charge in [-0.15, -0.1) is 0 Å². The van der Waals surface area contributed by atoms with E-state index in [-0.39, 0.29) is 23.3 Å². The van der Waals surface area contributed by atoms with E-state index in [1.807, 2.05) is 43.3 Å². The minimum atomic E-state index is -0.255. The molecule has 12 nitrogen and oxygen atoms in total. The lowest BCUT2D eigenvalue weighted by Crippen LogP contribution is -2.42. The fraction of sp³-hybridized carbons (Fsp3) is 0.457. The standard InChI is InChI=1S/C19H25N3O4.C16H21N3O2/c1-4-26-19(24)22-9-7-13(8-10-22)20-16-12-18(23)21(2)17-6-5-14(25-3)11-15(16)17;1-19-15-4-3-12(21-2)9-13(15)14(10-16(19)20)18-11-5-7-17-8-6-11/h5-6,11-13,20H,4,7-10H2,1-3H3;3-4,9-11,17-18H,5-8H2,1-2H3. The molecule has 2 aromatic carbocycles. The molecule has 252 valence electrons. The van der Waals surface area contributed by atoms with Gasteiger partial charge in [-0.05, 0) is 82.1 Å². The highest BCUT2D eigenvalue weighted by Crippen LogP contribution is 2.29. The highest BCUT2D eigenvalue weighted by Gasteiger charge is 2.24. The van der Waals surface area contributed by atoms with E-state index in [0.29, 0.717) is 25.7 Å². The molecule has 4 aromatic rings. The average Bonchev–Trinajstić information content (AvgIpc) is 3.10. The van der Waals surface area contributed by atoms with Crippen LogP contribution in [-0.2, 0) is 18.8 Å². The number of benzene rings is 2. The first-order chi connectivity index (χ1) is 22.7. The summed E-state index contributed by atoms with van der Waals surface area (Å²) < 4.78 is 19.0. The summed E-state index contributed by atoms with van der Waals surface area (Å²) in [6, 6.07) is 15.4. The number of likely N-dealkylation sites (tertiary alicyclic amines) is 1. The van der Waals surface area contributed by atoms with Gasteiger partial charge in [-0.3, -0.25) is 9.59 Å². The topological polar surface area (TPSA) is 128 Å². The van der Waals surface area contributed by atoms with Gasteiger partial charge in [0.25, 0.3) is 11.1 Å². The van der Waals surface area contributed by atoms with Gasteiger partial charge in [-0.25, -0.2) is 4.79 Å². The molecule has 2 fully saturated rings. The number of piperidine rings is 2. The van der Waals surface area contributed by atoms with Crippen LogP contribution in [-0.4, -0.2) is 79.2 Å². The predicted molar refractivity (Wildman–Crippen MR) is 186 cm³/mol. The van der Waals surface area contributed by atoms with Crippen LogP contribution >= 0.6 is 0 Å². The largest absolute Gasteiger partial charge is 0.497 e. The van der Waals surface area contributed by atoms with Crippen LogP contribution in [0.1, 0.15) is 32.6 Å². The van der Waals surface area contributed by atoms with Gasteiger partial charge >= 0.3 is 6.09 Å². The van der Waals surface area contributed by atoms with Crippen molar-refractivity contribution < 1.29 is 19.0 Å². The Balaban J connectivity index is 0.000000189. The number of rotatable bonds is 7. The van der Waals surface area contributed by atoms with Crippen molar-refractivity contribution in [3.05, 3.63) is 69.2 Å². The predicted octanol–water partition coefficient (Wildman–Crippen LogP) is 4.29. The van der Waals surface area contributed by atoms with Crippen LogP contribution in [0.25, 0.3) is 21.8 Å². The van der Waals surface area contributed by atoms with Gasteiger partial charge < -0.3 is 44.2 Å². The number of hydrogen-bond acceptors (Lipinski definition) is 9. The van der Waals surface area contributed by atoms with Crippen LogP contribution in [0.3, 0.4) is 0 Å². The summed E-state index contributed by atoms with van der Waals surface area (Å²) in [5, 5.41) is 12.3. The summed E-state index contributed by atoms with van der Waals surface area (Å²) in [6.07, 6.45) is 3.50. The molecule has 0 saturated carbocycles. The Morgan fingerprint density at radius 1 is 0.766 bits per heavy atom. The van der Waals surface area contributed by atoms with E-state index in [2.05, 4.69) is 16.0 Å². The molecule has 47 heavy (non-hydrogen) atoms. The van der Waals surface area contributed by atoms with Crippen molar-refractivity contribution >= 4 is 39.3 Å². The summed E-state index contributed by atoms with van der Waals surface area (Å²) in [5.74, 6) is 1.55. The summed E-state index contributed by atoms with van der Waals surface area (Å²) in [7, 11) is 6.84. The minimum absolute atomic E-state index is 0.00380. The number of fused-ring (bicyclic) bond motifs is 2. The number of carbonyl (C=O) groups excluding carboxylic acids is 1. The van der Waals surface area contributed by atoms with Crippen molar-refractivity contribution in [3.63, 3.8) is 0 Å². The zero-order valence-corrected chi connectivity index (χ0v) is 27.9. The van der Waals surface area contributed by atoms with Gasteiger partial charge in [0, 0.05) is 73.5 Å². The molecule has 2 aliphatic rings. The zero-order chi connectivity index (χ0) is 33.5. The molecule has 4 heterocycles. The maximum absolute atomic E-state index is 12.3. The van der Waals surface area contributed by atoms with E-state index in [4.69, 9.17) is 14.2 Å². The van der Waals surface area contributed by atoms with Gasteiger partial charge in [-0.1, -0.05) is 0 Å². The molecule has 1 amide bonds. The number of carbonyl (C=O) groups is 1. The number of aryl methyl sites for hydroxylation is 2. The zero-order valence-electron chi connectivity index (χ0n) is 27.9. The molecule has 3 N–H and O–H groups in total. The smallest absolute Gasteiger partial charge is 0.409 e. The molecular formula is C35H46N6O6. The molecule has 0 atom stereocenters. The molecule has 0 radical (unpaired) electrons. The lowest BCUT2D eigenvalue weighted by molar-refractivity contribution is 0.0983. The van der Waals surface area contributed by atoms with E-state index in [9.17, 15) is 14.4 Å². The molecule has 0 aliphatic carbocycles. The highest BCUT2D eigenvalue weighted by atomic mass is 16.6. The molecule has 2 aromatic heterocycles. The molecule has 2 saturated heterocycles. The quantitative estimate of drug-likeness (QED) is 0.270. The maximum atomic E-state index is 12.3. The first kappa shape index (κ1) is 33.6.